The van der Waals surface area contributed by atoms with Crippen LogP contribution in [0.2, 0.25) is 5.02 Å². The summed E-state index contributed by atoms with van der Waals surface area (Å²) >= 11 is 5.95. The third-order valence-electron chi connectivity index (χ3n) is 4.05. The van der Waals surface area contributed by atoms with Gasteiger partial charge in [0, 0.05) is 24.2 Å². The van der Waals surface area contributed by atoms with E-state index in [1.54, 1.807) is 41.2 Å². The minimum Gasteiger partial charge on any atom is -0.347 e. The van der Waals surface area contributed by atoms with Gasteiger partial charge in [-0.15, -0.1) is 0 Å². The van der Waals surface area contributed by atoms with E-state index in [4.69, 9.17) is 11.6 Å². The van der Waals surface area contributed by atoms with Gasteiger partial charge >= 0.3 is 0 Å². The molecule has 0 spiro atoms. The minimum atomic E-state index is -0.290. The number of anilines is 1. The van der Waals surface area contributed by atoms with E-state index in [-0.39, 0.29) is 23.4 Å². The number of amides is 2. The Balaban J connectivity index is 1.60. The van der Waals surface area contributed by atoms with Crippen molar-refractivity contribution in [2.24, 2.45) is 5.92 Å². The average Bonchev–Trinajstić information content (AvgIpc) is 3.16. The first kappa shape index (κ1) is 20.5. The van der Waals surface area contributed by atoms with Gasteiger partial charge in [-0.1, -0.05) is 37.6 Å². The van der Waals surface area contributed by atoms with Crippen molar-refractivity contribution in [1.82, 2.24) is 19.9 Å². The van der Waals surface area contributed by atoms with E-state index >= 15 is 0 Å². The molecule has 150 valence electrons. The van der Waals surface area contributed by atoms with Gasteiger partial charge in [-0.05, 0) is 35.7 Å². The smallest absolute Gasteiger partial charge is 0.271 e. The number of aromatic nitrogens is 3. The lowest BCUT2D eigenvalue weighted by atomic mass is 10.1. The number of pyridine rings is 1. The number of halogens is 1. The molecule has 2 amide bonds. The van der Waals surface area contributed by atoms with Gasteiger partial charge < -0.3 is 10.6 Å². The van der Waals surface area contributed by atoms with E-state index in [2.05, 4.69) is 20.6 Å². The van der Waals surface area contributed by atoms with Crippen LogP contribution in [0.25, 0.3) is 5.82 Å². The first-order valence-corrected chi connectivity index (χ1v) is 9.61. The van der Waals surface area contributed by atoms with E-state index < -0.39 is 0 Å². The summed E-state index contributed by atoms with van der Waals surface area (Å²) in [5.74, 6) is 0.544. The molecule has 0 aliphatic rings. The second-order valence-corrected chi connectivity index (χ2v) is 7.47. The third-order valence-corrected chi connectivity index (χ3v) is 4.28. The summed E-state index contributed by atoms with van der Waals surface area (Å²) in [5.41, 5.74) is 1.81. The Kier molecular flexibility index (Phi) is 6.61. The van der Waals surface area contributed by atoms with E-state index in [1.165, 1.54) is 6.33 Å². The second-order valence-electron chi connectivity index (χ2n) is 7.03. The van der Waals surface area contributed by atoms with Gasteiger partial charge in [0.25, 0.3) is 5.91 Å². The van der Waals surface area contributed by atoms with E-state index in [0.717, 1.165) is 5.56 Å². The molecule has 0 saturated carbocycles. The molecule has 0 bridgehead atoms. The molecule has 0 aliphatic heterocycles. The average molecular weight is 412 g/mol. The maximum atomic E-state index is 12.3. The molecule has 2 aromatic heterocycles. The molecule has 8 heteroatoms. The molecule has 0 unspecified atom stereocenters. The number of imidazole rings is 1. The largest absolute Gasteiger partial charge is 0.347 e. The second kappa shape index (κ2) is 9.34. The summed E-state index contributed by atoms with van der Waals surface area (Å²) < 4.78 is 1.65. The zero-order valence-corrected chi connectivity index (χ0v) is 17.0. The predicted molar refractivity (Wildman–Crippen MR) is 112 cm³/mol. The number of hydrogen-bond acceptors (Lipinski definition) is 4. The monoisotopic (exact) mass is 411 g/mol. The molecule has 0 fully saturated rings. The summed E-state index contributed by atoms with van der Waals surface area (Å²) in [6, 6.07) is 10.8. The molecule has 2 heterocycles. The van der Waals surface area contributed by atoms with Crippen LogP contribution in [-0.4, -0.2) is 26.3 Å². The first-order valence-electron chi connectivity index (χ1n) is 9.23. The number of nitrogens with one attached hydrogen (secondary N) is 2. The maximum absolute atomic E-state index is 12.3. The Morgan fingerprint density at radius 3 is 2.69 bits per heavy atom. The Morgan fingerprint density at radius 2 is 2.00 bits per heavy atom. The van der Waals surface area contributed by atoms with Crippen molar-refractivity contribution in [2.75, 3.05) is 5.32 Å². The molecule has 3 aromatic rings. The number of hydrogen-bond donors (Lipinski definition) is 2. The fourth-order valence-electron chi connectivity index (χ4n) is 2.68. The lowest BCUT2D eigenvalue weighted by Crippen LogP contribution is -2.23. The topological polar surface area (TPSA) is 88.9 Å². The Labute approximate surface area is 174 Å². The van der Waals surface area contributed by atoms with Crippen molar-refractivity contribution in [3.63, 3.8) is 0 Å². The molecule has 0 aliphatic carbocycles. The normalized spacial score (nSPS) is 10.8. The van der Waals surface area contributed by atoms with Crippen LogP contribution in [0.5, 0.6) is 0 Å². The van der Waals surface area contributed by atoms with Crippen LogP contribution in [0, 0.1) is 5.92 Å². The van der Waals surface area contributed by atoms with Crippen LogP contribution in [-0.2, 0) is 11.3 Å². The van der Waals surface area contributed by atoms with Crippen LogP contribution in [0.3, 0.4) is 0 Å². The number of carbonyl (C=O) groups is 2. The zero-order valence-electron chi connectivity index (χ0n) is 16.2. The fourth-order valence-corrected chi connectivity index (χ4v) is 2.89. The van der Waals surface area contributed by atoms with E-state index in [1.807, 2.05) is 26.0 Å². The van der Waals surface area contributed by atoms with Gasteiger partial charge in [0.15, 0.2) is 0 Å². The minimum absolute atomic E-state index is 0.0455. The quantitative estimate of drug-likeness (QED) is 0.618. The van der Waals surface area contributed by atoms with E-state index in [9.17, 15) is 9.59 Å². The standard InChI is InChI=1S/C21H22ClN5O2/c1-14(2)8-20(28)26-17-6-7-19(23-11-17)27-12-18(25-13-27)21(29)24-10-15-4-3-5-16(22)9-15/h3-7,9,11-14H,8,10H2,1-2H3,(H,24,29)(H,26,28). The molecular formula is C21H22ClN5O2. The Bertz CT molecular complexity index is 998. The highest BCUT2D eigenvalue weighted by molar-refractivity contribution is 6.30. The highest BCUT2D eigenvalue weighted by Gasteiger charge is 2.11. The summed E-state index contributed by atoms with van der Waals surface area (Å²) in [4.78, 5) is 32.6. The third kappa shape index (κ3) is 5.89. The highest BCUT2D eigenvalue weighted by Crippen LogP contribution is 2.13. The van der Waals surface area contributed by atoms with Gasteiger partial charge in [-0.25, -0.2) is 9.97 Å². The highest BCUT2D eigenvalue weighted by atomic mass is 35.5. The van der Waals surface area contributed by atoms with Crippen molar-refractivity contribution in [1.29, 1.82) is 0 Å². The van der Waals surface area contributed by atoms with Gasteiger partial charge in [0.05, 0.1) is 11.9 Å². The van der Waals surface area contributed by atoms with Gasteiger partial charge in [0.2, 0.25) is 5.91 Å². The van der Waals surface area contributed by atoms with Crippen molar-refractivity contribution < 1.29 is 9.59 Å². The zero-order chi connectivity index (χ0) is 20.8. The maximum Gasteiger partial charge on any atom is 0.271 e. The van der Waals surface area contributed by atoms with Crippen LogP contribution in [0.15, 0.2) is 55.1 Å². The van der Waals surface area contributed by atoms with Crippen LogP contribution in [0.4, 0.5) is 5.69 Å². The molecule has 0 saturated heterocycles. The van der Waals surface area contributed by atoms with Crippen molar-refractivity contribution in [2.45, 2.75) is 26.8 Å². The summed E-state index contributed by atoms with van der Waals surface area (Å²) in [5, 5.41) is 6.25. The molecule has 0 radical (unpaired) electrons. The van der Waals surface area contributed by atoms with Gasteiger partial charge in [-0.2, -0.15) is 0 Å². The van der Waals surface area contributed by atoms with Crippen molar-refractivity contribution in [3.8, 4) is 5.82 Å². The van der Waals surface area contributed by atoms with Gasteiger partial charge in [0.1, 0.15) is 17.8 Å². The van der Waals surface area contributed by atoms with Crippen molar-refractivity contribution in [3.05, 3.63) is 71.4 Å². The number of benzene rings is 1. The van der Waals surface area contributed by atoms with Crippen LogP contribution < -0.4 is 10.6 Å². The van der Waals surface area contributed by atoms with Gasteiger partial charge in [-0.3, -0.25) is 14.2 Å². The fraction of sp³-hybridized carbons (Fsp3) is 0.238. The molecule has 2 N–H and O–H groups in total. The molecule has 3 rings (SSSR count). The molecule has 1 aromatic carbocycles. The summed E-state index contributed by atoms with van der Waals surface area (Å²) in [6.45, 7) is 4.33. The Hall–Kier alpha value is -3.19. The molecule has 7 nitrogen and oxygen atoms in total. The van der Waals surface area contributed by atoms with Crippen molar-refractivity contribution >= 4 is 29.1 Å². The molecule has 29 heavy (non-hydrogen) atoms. The lowest BCUT2D eigenvalue weighted by molar-refractivity contribution is -0.116. The summed E-state index contributed by atoms with van der Waals surface area (Å²) in [6.07, 6.45) is 5.16. The lowest BCUT2D eigenvalue weighted by Gasteiger charge is -2.07. The number of nitrogens with zero attached hydrogens (tertiary/aromatic N) is 3. The van der Waals surface area contributed by atoms with Crippen LogP contribution >= 0.6 is 11.6 Å². The summed E-state index contributed by atoms with van der Waals surface area (Å²) in [7, 11) is 0. The van der Waals surface area contributed by atoms with Crippen LogP contribution in [0.1, 0.15) is 36.3 Å². The molecule has 0 atom stereocenters. The SMILES string of the molecule is CC(C)CC(=O)Nc1ccc(-n2cnc(C(=O)NCc3cccc(Cl)c3)c2)nc1. The number of rotatable bonds is 7. The predicted octanol–water partition coefficient (Wildman–Crippen LogP) is 3.84. The number of carbonyl (C=O) groups excluding carboxylic acids is 2. The molecular weight excluding hydrogens is 390 g/mol. The Morgan fingerprint density at radius 1 is 1.17 bits per heavy atom. The first-order chi connectivity index (χ1) is 13.9. The van der Waals surface area contributed by atoms with E-state index in [0.29, 0.717) is 29.5 Å².